The summed E-state index contributed by atoms with van der Waals surface area (Å²) in [4.78, 5) is 8.31. The third kappa shape index (κ3) is 4.41. The largest absolute Gasteiger partial charge is 0.481 e. The van der Waals surface area contributed by atoms with Gasteiger partial charge >= 0.3 is 0 Å². The van der Waals surface area contributed by atoms with E-state index in [0.29, 0.717) is 38.0 Å². The van der Waals surface area contributed by atoms with Crippen LogP contribution in [0, 0.1) is 6.92 Å². The van der Waals surface area contributed by atoms with Crippen molar-refractivity contribution < 1.29 is 9.47 Å². The van der Waals surface area contributed by atoms with Gasteiger partial charge in [-0.05, 0) is 6.92 Å². The van der Waals surface area contributed by atoms with E-state index >= 15 is 0 Å². The van der Waals surface area contributed by atoms with Gasteiger partial charge in [-0.2, -0.15) is 4.98 Å². The highest BCUT2D eigenvalue weighted by Gasteiger charge is 2.00. The topological polar surface area (TPSA) is 82.3 Å². The maximum Gasteiger partial charge on any atom is 0.218 e. The number of nitrogens with one attached hydrogen (secondary N) is 1. The van der Waals surface area contributed by atoms with Crippen molar-refractivity contribution in [2.24, 2.45) is 5.73 Å². The fraction of sp³-hybridized carbons (Fsp3) is 0.600. The Hall–Kier alpha value is -1.40. The van der Waals surface area contributed by atoms with Crippen molar-refractivity contribution in [1.82, 2.24) is 9.97 Å². The number of ether oxygens (including phenoxy) is 2. The summed E-state index contributed by atoms with van der Waals surface area (Å²) < 4.78 is 10.3. The van der Waals surface area contributed by atoms with Crippen molar-refractivity contribution in [3.8, 4) is 5.88 Å². The van der Waals surface area contributed by atoms with Gasteiger partial charge in [0.25, 0.3) is 0 Å². The molecule has 1 aromatic heterocycles. The molecule has 0 fully saturated rings. The molecule has 6 heteroatoms. The molecule has 1 rings (SSSR count). The molecular weight excluding hydrogens is 208 g/mol. The normalized spacial score (nSPS) is 10.2. The molecule has 1 heterocycles. The lowest BCUT2D eigenvalue weighted by Gasteiger charge is -2.08. The van der Waals surface area contributed by atoms with Crippen LogP contribution in [0.15, 0.2) is 6.07 Å². The number of hydrogen-bond donors (Lipinski definition) is 2. The average molecular weight is 226 g/mol. The van der Waals surface area contributed by atoms with Crippen molar-refractivity contribution >= 4 is 5.82 Å². The average Bonchev–Trinajstić information content (AvgIpc) is 2.28. The van der Waals surface area contributed by atoms with Gasteiger partial charge in [0.1, 0.15) is 11.6 Å². The first-order valence-electron chi connectivity index (χ1n) is 5.17. The van der Waals surface area contributed by atoms with Crippen molar-refractivity contribution in [1.29, 1.82) is 0 Å². The summed E-state index contributed by atoms with van der Waals surface area (Å²) in [5.74, 6) is 1.96. The molecule has 0 aromatic carbocycles. The van der Waals surface area contributed by atoms with E-state index in [2.05, 4.69) is 15.3 Å². The molecule has 3 N–H and O–H groups in total. The molecule has 90 valence electrons. The lowest BCUT2D eigenvalue weighted by molar-refractivity contribution is 0.151. The standard InChI is InChI=1S/C10H18N4O2/c1-8-13-9(7-10(14-8)15-2)12-4-6-16-5-3-11/h7H,3-6,11H2,1-2H3,(H,12,13,14). The summed E-state index contributed by atoms with van der Waals surface area (Å²) in [7, 11) is 1.58. The Bertz CT molecular complexity index is 320. The van der Waals surface area contributed by atoms with E-state index < -0.39 is 0 Å². The minimum Gasteiger partial charge on any atom is -0.481 e. The monoisotopic (exact) mass is 226 g/mol. The highest BCUT2D eigenvalue weighted by atomic mass is 16.5. The van der Waals surface area contributed by atoms with E-state index in [4.69, 9.17) is 15.2 Å². The zero-order valence-electron chi connectivity index (χ0n) is 9.69. The van der Waals surface area contributed by atoms with Crippen LogP contribution in [0.2, 0.25) is 0 Å². The number of hydrogen-bond acceptors (Lipinski definition) is 6. The molecule has 0 atom stereocenters. The van der Waals surface area contributed by atoms with Gasteiger partial charge < -0.3 is 20.5 Å². The molecule has 0 saturated carbocycles. The third-order valence-electron chi connectivity index (χ3n) is 1.84. The van der Waals surface area contributed by atoms with Gasteiger partial charge in [-0.1, -0.05) is 0 Å². The Kier molecular flexibility index (Phi) is 5.52. The molecule has 1 aromatic rings. The Balaban J connectivity index is 2.38. The Morgan fingerprint density at radius 3 is 2.88 bits per heavy atom. The third-order valence-corrected chi connectivity index (χ3v) is 1.84. The summed E-state index contributed by atoms with van der Waals surface area (Å²) in [6.45, 7) is 4.22. The van der Waals surface area contributed by atoms with Gasteiger partial charge in [-0.15, -0.1) is 0 Å². The number of nitrogens with two attached hydrogens (primary N) is 1. The summed E-state index contributed by atoms with van der Waals surface area (Å²) in [5, 5.41) is 3.12. The minimum atomic E-state index is 0.542. The van der Waals surface area contributed by atoms with Crippen molar-refractivity contribution in [3.05, 3.63) is 11.9 Å². The molecule has 16 heavy (non-hydrogen) atoms. The molecule has 6 nitrogen and oxygen atoms in total. The first-order valence-corrected chi connectivity index (χ1v) is 5.17. The molecule has 0 aliphatic heterocycles. The van der Waals surface area contributed by atoms with E-state index in [-0.39, 0.29) is 0 Å². The number of anilines is 1. The van der Waals surface area contributed by atoms with Crippen molar-refractivity contribution in [2.75, 3.05) is 38.7 Å². The van der Waals surface area contributed by atoms with Crippen LogP contribution >= 0.6 is 0 Å². The molecule has 0 unspecified atom stereocenters. The lowest BCUT2D eigenvalue weighted by atomic mass is 10.5. The summed E-state index contributed by atoms with van der Waals surface area (Å²) in [5.41, 5.74) is 5.30. The highest BCUT2D eigenvalue weighted by Crippen LogP contribution is 2.11. The van der Waals surface area contributed by atoms with Crippen LogP contribution in [-0.4, -0.2) is 43.4 Å². The Morgan fingerprint density at radius 2 is 2.19 bits per heavy atom. The van der Waals surface area contributed by atoms with Crippen LogP contribution in [0.3, 0.4) is 0 Å². The van der Waals surface area contributed by atoms with E-state index in [9.17, 15) is 0 Å². The van der Waals surface area contributed by atoms with Gasteiger partial charge in [-0.25, -0.2) is 4.98 Å². The Morgan fingerprint density at radius 1 is 1.38 bits per heavy atom. The van der Waals surface area contributed by atoms with E-state index in [0.717, 1.165) is 5.82 Å². The molecule has 0 aliphatic rings. The second-order valence-electron chi connectivity index (χ2n) is 3.17. The number of methoxy groups -OCH3 is 1. The van der Waals surface area contributed by atoms with E-state index in [1.54, 1.807) is 13.2 Å². The molecule has 0 bridgehead atoms. The summed E-state index contributed by atoms with van der Waals surface area (Å²) in [6.07, 6.45) is 0. The first-order chi connectivity index (χ1) is 7.76. The fourth-order valence-corrected chi connectivity index (χ4v) is 1.17. The van der Waals surface area contributed by atoms with Crippen LogP contribution in [0.4, 0.5) is 5.82 Å². The lowest BCUT2D eigenvalue weighted by Crippen LogP contribution is -2.15. The predicted molar refractivity (Wildman–Crippen MR) is 61.7 cm³/mol. The predicted octanol–water partition coefficient (Wildman–Crippen LogP) is 0.181. The quantitative estimate of drug-likeness (QED) is 0.645. The van der Waals surface area contributed by atoms with Gasteiger partial charge in [0, 0.05) is 19.2 Å². The van der Waals surface area contributed by atoms with Crippen LogP contribution < -0.4 is 15.8 Å². The number of aryl methyl sites for hydroxylation is 1. The summed E-state index contributed by atoms with van der Waals surface area (Å²) in [6, 6.07) is 1.75. The maximum absolute atomic E-state index is 5.30. The summed E-state index contributed by atoms with van der Waals surface area (Å²) >= 11 is 0. The van der Waals surface area contributed by atoms with Gasteiger partial charge in [-0.3, -0.25) is 0 Å². The fourth-order valence-electron chi connectivity index (χ4n) is 1.17. The molecule has 0 radical (unpaired) electrons. The Labute approximate surface area is 95.2 Å². The molecule has 0 aliphatic carbocycles. The molecule has 0 amide bonds. The first kappa shape index (κ1) is 12.7. The van der Waals surface area contributed by atoms with Crippen molar-refractivity contribution in [3.63, 3.8) is 0 Å². The van der Waals surface area contributed by atoms with Crippen LogP contribution in [0.1, 0.15) is 5.82 Å². The van der Waals surface area contributed by atoms with Crippen LogP contribution in [0.5, 0.6) is 5.88 Å². The van der Waals surface area contributed by atoms with Crippen LogP contribution in [0.25, 0.3) is 0 Å². The number of rotatable bonds is 7. The number of nitrogens with zero attached hydrogens (tertiary/aromatic N) is 2. The second-order valence-corrected chi connectivity index (χ2v) is 3.17. The molecule has 0 saturated heterocycles. The molecule has 0 spiro atoms. The van der Waals surface area contributed by atoms with E-state index in [1.165, 1.54) is 0 Å². The van der Waals surface area contributed by atoms with Gasteiger partial charge in [0.05, 0.1) is 20.3 Å². The van der Waals surface area contributed by atoms with Crippen molar-refractivity contribution in [2.45, 2.75) is 6.92 Å². The van der Waals surface area contributed by atoms with Crippen LogP contribution in [-0.2, 0) is 4.74 Å². The number of aromatic nitrogens is 2. The highest BCUT2D eigenvalue weighted by molar-refractivity contribution is 5.38. The van der Waals surface area contributed by atoms with E-state index in [1.807, 2.05) is 6.92 Å². The zero-order chi connectivity index (χ0) is 11.8. The smallest absolute Gasteiger partial charge is 0.218 e. The molecular formula is C10H18N4O2. The van der Waals surface area contributed by atoms with Gasteiger partial charge in [0.2, 0.25) is 5.88 Å². The zero-order valence-corrected chi connectivity index (χ0v) is 9.69. The van der Waals surface area contributed by atoms with Gasteiger partial charge in [0.15, 0.2) is 0 Å². The minimum absolute atomic E-state index is 0.542. The maximum atomic E-state index is 5.30. The SMILES string of the molecule is COc1cc(NCCOCCN)nc(C)n1. The second kappa shape index (κ2) is 6.97.